The van der Waals surface area contributed by atoms with Crippen LogP contribution in [-0.2, 0) is 19.1 Å². The van der Waals surface area contributed by atoms with Crippen LogP contribution >= 0.6 is 0 Å². The third-order valence-corrected chi connectivity index (χ3v) is 2.21. The second-order valence-corrected chi connectivity index (χ2v) is 4.02. The summed E-state index contributed by atoms with van der Waals surface area (Å²) in [5.41, 5.74) is 0. The van der Waals surface area contributed by atoms with Gasteiger partial charge in [-0.25, -0.2) is 4.79 Å². The highest BCUT2D eigenvalue weighted by molar-refractivity contribution is 5.90. The van der Waals surface area contributed by atoms with Gasteiger partial charge in [0.25, 0.3) is 5.91 Å². The average Bonchev–Trinajstić information content (AvgIpc) is 2.93. The Labute approximate surface area is 116 Å². The molecule has 0 aromatic carbocycles. The van der Waals surface area contributed by atoms with Crippen LogP contribution in [0.15, 0.2) is 28.9 Å². The molecule has 20 heavy (non-hydrogen) atoms. The van der Waals surface area contributed by atoms with Crippen molar-refractivity contribution >= 4 is 23.9 Å². The monoisotopic (exact) mass is 280 g/mol. The van der Waals surface area contributed by atoms with Crippen molar-refractivity contribution in [2.45, 2.75) is 0 Å². The second kappa shape index (κ2) is 7.78. The Hall–Kier alpha value is -2.57. The average molecular weight is 280 g/mol. The van der Waals surface area contributed by atoms with Gasteiger partial charge in [0.15, 0.2) is 6.61 Å². The molecule has 7 nitrogen and oxygen atoms in total. The number of hydrogen-bond acceptors (Lipinski definition) is 5. The van der Waals surface area contributed by atoms with Crippen LogP contribution in [0.2, 0.25) is 0 Å². The molecule has 2 amide bonds. The number of amides is 2. The van der Waals surface area contributed by atoms with Gasteiger partial charge in [-0.05, 0) is 18.2 Å². The summed E-state index contributed by atoms with van der Waals surface area (Å²) in [6, 6.07) is 3.35. The number of nitrogens with zero attached hydrogens (tertiary/aromatic N) is 1. The number of ether oxygens (including phenoxy) is 1. The molecule has 0 bridgehead atoms. The predicted molar refractivity (Wildman–Crippen MR) is 70.4 cm³/mol. The van der Waals surface area contributed by atoms with Gasteiger partial charge in [0.05, 0.1) is 12.8 Å². The van der Waals surface area contributed by atoms with E-state index in [1.807, 2.05) is 0 Å². The summed E-state index contributed by atoms with van der Waals surface area (Å²) in [5.74, 6) is -0.958. The zero-order valence-corrected chi connectivity index (χ0v) is 11.3. The fraction of sp³-hybridized carbons (Fsp3) is 0.308. The van der Waals surface area contributed by atoms with E-state index in [0.29, 0.717) is 5.76 Å². The molecular weight excluding hydrogens is 264 g/mol. The van der Waals surface area contributed by atoms with Crippen molar-refractivity contribution in [2.24, 2.45) is 0 Å². The second-order valence-electron chi connectivity index (χ2n) is 4.02. The van der Waals surface area contributed by atoms with Crippen molar-refractivity contribution in [3.63, 3.8) is 0 Å². The summed E-state index contributed by atoms with van der Waals surface area (Å²) in [7, 11) is 3.15. The smallest absolute Gasteiger partial charge is 0.331 e. The molecule has 0 unspecified atom stereocenters. The molecule has 1 aromatic heterocycles. The third-order valence-electron chi connectivity index (χ3n) is 2.21. The first-order valence-corrected chi connectivity index (χ1v) is 5.84. The first-order chi connectivity index (χ1) is 9.49. The zero-order valence-electron chi connectivity index (χ0n) is 11.3. The van der Waals surface area contributed by atoms with Crippen LogP contribution < -0.4 is 5.32 Å². The Morgan fingerprint density at radius 1 is 1.40 bits per heavy atom. The van der Waals surface area contributed by atoms with E-state index in [1.54, 1.807) is 26.2 Å². The summed E-state index contributed by atoms with van der Waals surface area (Å²) in [5, 5.41) is 2.34. The fourth-order valence-electron chi connectivity index (χ4n) is 1.10. The SMILES string of the molecule is CN(C)C(=O)CNC(=O)COC(=O)/C=C/c1ccco1. The van der Waals surface area contributed by atoms with E-state index in [-0.39, 0.29) is 12.5 Å². The Morgan fingerprint density at radius 2 is 2.15 bits per heavy atom. The minimum atomic E-state index is -0.671. The van der Waals surface area contributed by atoms with Crippen LogP contribution in [0.3, 0.4) is 0 Å². The number of esters is 1. The zero-order chi connectivity index (χ0) is 15.0. The molecule has 108 valence electrons. The van der Waals surface area contributed by atoms with Gasteiger partial charge in [0.1, 0.15) is 5.76 Å². The normalized spacial score (nSPS) is 10.3. The van der Waals surface area contributed by atoms with Crippen LogP contribution in [0.1, 0.15) is 5.76 Å². The molecular formula is C13H16N2O5. The topological polar surface area (TPSA) is 88.9 Å². The van der Waals surface area contributed by atoms with E-state index in [2.05, 4.69) is 5.32 Å². The van der Waals surface area contributed by atoms with Crippen LogP contribution in [0.4, 0.5) is 0 Å². The highest BCUT2D eigenvalue weighted by Crippen LogP contribution is 2.02. The molecule has 0 aliphatic carbocycles. The Bertz CT molecular complexity index is 491. The number of carbonyl (C=O) groups excluding carboxylic acids is 3. The van der Waals surface area contributed by atoms with E-state index in [4.69, 9.17) is 9.15 Å². The minimum absolute atomic E-state index is 0.133. The summed E-state index contributed by atoms with van der Waals surface area (Å²) in [6.45, 7) is -0.576. The van der Waals surface area contributed by atoms with Crippen LogP contribution in [0, 0.1) is 0 Å². The molecule has 0 atom stereocenters. The number of hydrogen-bond donors (Lipinski definition) is 1. The maximum atomic E-state index is 11.3. The Morgan fingerprint density at radius 3 is 2.75 bits per heavy atom. The highest BCUT2D eigenvalue weighted by atomic mass is 16.5. The summed E-state index contributed by atoms with van der Waals surface area (Å²) in [4.78, 5) is 35.1. The molecule has 0 aliphatic rings. The maximum absolute atomic E-state index is 11.3. The molecule has 1 heterocycles. The van der Waals surface area contributed by atoms with E-state index in [0.717, 1.165) is 6.08 Å². The minimum Gasteiger partial charge on any atom is -0.465 e. The molecule has 1 aromatic rings. The largest absolute Gasteiger partial charge is 0.465 e. The maximum Gasteiger partial charge on any atom is 0.331 e. The van der Waals surface area contributed by atoms with Gasteiger partial charge in [-0.2, -0.15) is 0 Å². The molecule has 0 aliphatic heterocycles. The van der Waals surface area contributed by atoms with Crippen molar-refractivity contribution in [1.82, 2.24) is 10.2 Å². The summed E-state index contributed by atoms with van der Waals surface area (Å²) >= 11 is 0. The lowest BCUT2D eigenvalue weighted by Crippen LogP contribution is -2.38. The molecule has 0 saturated heterocycles. The molecule has 7 heteroatoms. The summed E-state index contributed by atoms with van der Waals surface area (Å²) in [6.07, 6.45) is 4.05. The van der Waals surface area contributed by atoms with E-state index >= 15 is 0 Å². The van der Waals surface area contributed by atoms with Gasteiger partial charge in [-0.1, -0.05) is 0 Å². The fourth-order valence-corrected chi connectivity index (χ4v) is 1.10. The highest BCUT2D eigenvalue weighted by Gasteiger charge is 2.08. The van der Waals surface area contributed by atoms with E-state index in [9.17, 15) is 14.4 Å². The summed E-state index contributed by atoms with van der Waals surface area (Å²) < 4.78 is 9.67. The molecule has 1 N–H and O–H groups in total. The van der Waals surface area contributed by atoms with Gasteiger partial charge in [0, 0.05) is 20.2 Å². The van der Waals surface area contributed by atoms with Crippen molar-refractivity contribution in [3.8, 4) is 0 Å². The van der Waals surface area contributed by atoms with Gasteiger partial charge in [0.2, 0.25) is 5.91 Å². The number of likely N-dealkylation sites (N-methyl/N-ethyl adjacent to an activating group) is 1. The Balaban J connectivity index is 2.23. The molecule has 0 saturated carbocycles. The van der Waals surface area contributed by atoms with E-state index < -0.39 is 18.5 Å². The first-order valence-electron chi connectivity index (χ1n) is 5.84. The lowest BCUT2D eigenvalue weighted by atomic mass is 10.4. The van der Waals surface area contributed by atoms with Crippen molar-refractivity contribution in [3.05, 3.63) is 30.2 Å². The standard InChI is InChI=1S/C13H16N2O5/c1-15(2)12(17)8-14-11(16)9-20-13(18)6-5-10-4-3-7-19-10/h3-7H,8-9H2,1-2H3,(H,14,16)/b6-5+. The first kappa shape index (κ1) is 15.5. The van der Waals surface area contributed by atoms with Gasteiger partial charge in [-0.15, -0.1) is 0 Å². The van der Waals surface area contributed by atoms with Gasteiger partial charge < -0.3 is 19.4 Å². The Kier molecular flexibility index (Phi) is 6.02. The molecule has 0 fully saturated rings. The number of rotatable bonds is 6. The predicted octanol–water partition coefficient (Wildman–Crippen LogP) is 0.0404. The van der Waals surface area contributed by atoms with Crippen molar-refractivity contribution in [2.75, 3.05) is 27.2 Å². The number of furan rings is 1. The van der Waals surface area contributed by atoms with E-state index in [1.165, 1.54) is 17.2 Å². The van der Waals surface area contributed by atoms with Gasteiger partial charge in [-0.3, -0.25) is 9.59 Å². The lowest BCUT2D eigenvalue weighted by molar-refractivity contribution is -0.144. The van der Waals surface area contributed by atoms with Crippen LogP contribution in [0.25, 0.3) is 6.08 Å². The van der Waals surface area contributed by atoms with Crippen LogP contribution in [-0.4, -0.2) is 49.9 Å². The van der Waals surface area contributed by atoms with Crippen molar-refractivity contribution < 1.29 is 23.5 Å². The molecule has 1 rings (SSSR count). The lowest BCUT2D eigenvalue weighted by Gasteiger charge is -2.10. The van der Waals surface area contributed by atoms with Crippen LogP contribution in [0.5, 0.6) is 0 Å². The third kappa shape index (κ3) is 5.85. The molecule has 0 radical (unpaired) electrons. The van der Waals surface area contributed by atoms with Crippen molar-refractivity contribution in [1.29, 1.82) is 0 Å². The molecule has 0 spiro atoms. The quantitative estimate of drug-likeness (QED) is 0.587. The number of nitrogens with one attached hydrogen (secondary N) is 1. The number of carbonyl (C=O) groups is 3. The van der Waals surface area contributed by atoms with Gasteiger partial charge >= 0.3 is 5.97 Å².